The maximum absolute atomic E-state index is 4.37. The van der Waals surface area contributed by atoms with Gasteiger partial charge in [-0.25, -0.2) is 0 Å². The van der Waals surface area contributed by atoms with Crippen molar-refractivity contribution in [3.05, 3.63) is 24.3 Å². The molecule has 0 bridgehead atoms. The normalized spacial score (nSPS) is 19.4. The highest BCUT2D eigenvalue weighted by molar-refractivity contribution is 8.14. The molecule has 1 aliphatic heterocycles. The summed E-state index contributed by atoms with van der Waals surface area (Å²) in [7, 11) is 10.0. The van der Waals surface area contributed by atoms with E-state index < -0.39 is 0 Å². The largest absolute Gasteiger partial charge is 0.378 e. The number of amidine groups is 1. The average Bonchev–Trinajstić information content (AvgIpc) is 2.78. The van der Waals surface area contributed by atoms with Gasteiger partial charge < -0.3 is 4.90 Å². The maximum atomic E-state index is 4.37. The molecule has 1 aromatic rings. The summed E-state index contributed by atoms with van der Waals surface area (Å²) in [5.41, 5.74) is 5.22. The van der Waals surface area contributed by atoms with E-state index in [1.54, 1.807) is 11.8 Å². The molecule has 1 unspecified atom stereocenters. The van der Waals surface area contributed by atoms with Gasteiger partial charge in [0.25, 0.3) is 0 Å². The number of rotatable bonds is 3. The van der Waals surface area contributed by atoms with E-state index >= 15 is 0 Å². The summed E-state index contributed by atoms with van der Waals surface area (Å²) in [4.78, 5) is 2.06. The number of anilines is 1. The minimum atomic E-state index is -0.0408. The van der Waals surface area contributed by atoms with E-state index in [1.165, 1.54) is 0 Å². The smallest absolute Gasteiger partial charge is 0.327 e. The summed E-state index contributed by atoms with van der Waals surface area (Å²) < 4.78 is 2.03. The molecule has 0 radical (unpaired) electrons. The summed E-state index contributed by atoms with van der Waals surface area (Å²) >= 11 is 1.64. The summed E-state index contributed by atoms with van der Waals surface area (Å²) in [6, 6.07) is 8.02. The molecular weight excluding hydrogens is 272 g/mol. The average molecular weight is 293 g/mol. The van der Waals surface area contributed by atoms with Crippen LogP contribution in [0.4, 0.5) is 11.4 Å². The quantitative estimate of drug-likeness (QED) is 0.683. The van der Waals surface area contributed by atoms with Crippen molar-refractivity contribution in [1.29, 1.82) is 0 Å². The van der Waals surface area contributed by atoms with Crippen molar-refractivity contribution in [2.45, 2.75) is 5.50 Å². The van der Waals surface area contributed by atoms with Gasteiger partial charge in [0.1, 0.15) is 0 Å². The predicted octanol–water partition coefficient (Wildman–Crippen LogP) is 1.93. The van der Waals surface area contributed by atoms with Crippen LogP contribution in [0.3, 0.4) is 0 Å². The number of nitrogens with one attached hydrogen (secondary N) is 1. The molecule has 0 aliphatic carbocycles. The Morgan fingerprint density at radius 2 is 1.90 bits per heavy atom. The fourth-order valence-corrected chi connectivity index (χ4v) is 2.56. The lowest BCUT2D eigenvalue weighted by molar-refractivity contribution is -0.464. The lowest BCUT2D eigenvalue weighted by Crippen LogP contribution is -2.35. The van der Waals surface area contributed by atoms with E-state index in [-0.39, 0.29) is 5.50 Å². The molecule has 1 aliphatic rings. The van der Waals surface area contributed by atoms with Crippen LogP contribution < -0.4 is 10.3 Å². The van der Waals surface area contributed by atoms with E-state index in [1.807, 2.05) is 69.1 Å². The Labute approximate surface area is 124 Å². The van der Waals surface area contributed by atoms with Crippen molar-refractivity contribution in [2.24, 2.45) is 10.2 Å². The van der Waals surface area contributed by atoms with E-state index in [0.29, 0.717) is 0 Å². The molecule has 0 saturated carbocycles. The van der Waals surface area contributed by atoms with Crippen molar-refractivity contribution >= 4 is 28.3 Å². The Kier molecular flexibility index (Phi) is 4.61. The number of azo groups is 1. The minimum Gasteiger partial charge on any atom is -0.378 e. The van der Waals surface area contributed by atoms with Gasteiger partial charge in [-0.15, -0.1) is 5.01 Å². The first kappa shape index (κ1) is 14.8. The summed E-state index contributed by atoms with van der Waals surface area (Å²) in [6.45, 7) is 0. The first-order valence-electron chi connectivity index (χ1n) is 6.36. The van der Waals surface area contributed by atoms with Crippen molar-refractivity contribution in [2.75, 3.05) is 40.1 Å². The molecule has 0 aromatic heterocycles. The molecule has 1 heterocycles. The third-order valence-electron chi connectivity index (χ3n) is 2.86. The van der Waals surface area contributed by atoms with Gasteiger partial charge in [-0.05, 0) is 24.3 Å². The molecule has 1 atom stereocenters. The lowest BCUT2D eigenvalue weighted by Gasteiger charge is -2.11. The molecule has 2 rings (SSSR count). The maximum Gasteiger partial charge on any atom is 0.327 e. The highest BCUT2D eigenvalue weighted by Gasteiger charge is 2.33. The second-order valence-electron chi connectivity index (χ2n) is 4.99. The molecule has 1 saturated heterocycles. The van der Waals surface area contributed by atoms with Crippen molar-refractivity contribution in [3.63, 3.8) is 0 Å². The second kappa shape index (κ2) is 6.23. The fraction of sp³-hybridized carbons (Fsp3) is 0.462. The van der Waals surface area contributed by atoms with E-state index in [2.05, 4.69) is 20.6 Å². The molecule has 1 fully saturated rings. The molecule has 1 N–H and O–H groups in total. The zero-order chi connectivity index (χ0) is 14.7. The van der Waals surface area contributed by atoms with Gasteiger partial charge in [-0.3, -0.25) is 4.58 Å². The van der Waals surface area contributed by atoms with Crippen LogP contribution in [0.25, 0.3) is 0 Å². The van der Waals surface area contributed by atoms with Crippen LogP contribution in [0, 0.1) is 0 Å². The standard InChI is InChI=1S/C13H20N6S/c1-17(2)11-8-6-10(7-9-11)14-15-12-19(5)16-13(20-12)18(3)4/h6-9,12H,1-5H3/p+1. The van der Waals surface area contributed by atoms with Gasteiger partial charge in [0.05, 0.1) is 19.8 Å². The van der Waals surface area contributed by atoms with Crippen molar-refractivity contribution < 1.29 is 4.58 Å². The molecule has 1 aromatic carbocycles. The van der Waals surface area contributed by atoms with Crippen LogP contribution in [-0.4, -0.2) is 55.5 Å². The van der Waals surface area contributed by atoms with E-state index in [4.69, 9.17) is 0 Å². The summed E-state index contributed by atoms with van der Waals surface area (Å²) in [6.07, 6.45) is 0. The summed E-state index contributed by atoms with van der Waals surface area (Å²) in [5.74, 6) is 0. The van der Waals surface area contributed by atoms with Crippen molar-refractivity contribution in [1.82, 2.24) is 10.4 Å². The van der Waals surface area contributed by atoms with Crippen LogP contribution in [0.1, 0.15) is 0 Å². The zero-order valence-electron chi connectivity index (χ0n) is 12.5. The molecule has 0 amide bonds. The van der Waals surface area contributed by atoms with E-state index in [9.17, 15) is 0 Å². The minimum absolute atomic E-state index is 0.0408. The third-order valence-corrected chi connectivity index (χ3v) is 4.17. The van der Waals surface area contributed by atoms with E-state index in [0.717, 1.165) is 16.5 Å². The van der Waals surface area contributed by atoms with Crippen LogP contribution in [0.15, 0.2) is 34.5 Å². The molecule has 20 heavy (non-hydrogen) atoms. The van der Waals surface area contributed by atoms with Gasteiger partial charge in [0.2, 0.25) is 5.50 Å². The SMILES string of the molecule is CN(C)c1ccc(N=NC2SC(=[N+](C)C)NN2C)cc1. The van der Waals surface area contributed by atoms with Gasteiger partial charge in [-0.1, -0.05) is 0 Å². The van der Waals surface area contributed by atoms with Crippen LogP contribution in [-0.2, 0) is 0 Å². The number of hydrazine groups is 1. The van der Waals surface area contributed by atoms with Crippen LogP contribution in [0.5, 0.6) is 0 Å². The second-order valence-corrected chi connectivity index (χ2v) is 6.04. The van der Waals surface area contributed by atoms with Gasteiger partial charge in [0, 0.05) is 38.6 Å². The monoisotopic (exact) mass is 293 g/mol. The Hall–Kier alpha value is -1.60. The number of benzene rings is 1. The van der Waals surface area contributed by atoms with Gasteiger partial charge in [0.15, 0.2) is 0 Å². The highest BCUT2D eigenvalue weighted by Crippen LogP contribution is 2.24. The van der Waals surface area contributed by atoms with Crippen molar-refractivity contribution in [3.8, 4) is 0 Å². The zero-order valence-corrected chi connectivity index (χ0v) is 13.3. The molecule has 6 nitrogen and oxygen atoms in total. The van der Waals surface area contributed by atoms with Crippen LogP contribution >= 0.6 is 11.8 Å². The van der Waals surface area contributed by atoms with Gasteiger partial charge in [-0.2, -0.15) is 15.7 Å². The number of hydrogen-bond donors (Lipinski definition) is 1. The predicted molar refractivity (Wildman–Crippen MR) is 84.7 cm³/mol. The Bertz CT molecular complexity index is 518. The number of nitrogens with zero attached hydrogens (tertiary/aromatic N) is 5. The lowest BCUT2D eigenvalue weighted by atomic mass is 10.3. The Balaban J connectivity index is 2.04. The first-order valence-corrected chi connectivity index (χ1v) is 7.24. The molecule has 7 heteroatoms. The number of thioether (sulfide) groups is 1. The Morgan fingerprint density at radius 1 is 1.25 bits per heavy atom. The molecular formula is C13H21N6S+. The fourth-order valence-electron chi connectivity index (χ4n) is 1.65. The van der Waals surface area contributed by atoms with Gasteiger partial charge >= 0.3 is 5.17 Å². The highest BCUT2D eigenvalue weighted by atomic mass is 32.2. The topological polar surface area (TPSA) is 46.2 Å². The molecule has 0 spiro atoms. The molecule has 108 valence electrons. The third kappa shape index (κ3) is 3.49. The van der Waals surface area contributed by atoms with Crippen LogP contribution in [0.2, 0.25) is 0 Å². The summed E-state index contributed by atoms with van der Waals surface area (Å²) in [5, 5.41) is 11.7. The number of hydrogen-bond acceptors (Lipinski definition) is 5. The first-order chi connectivity index (χ1) is 9.47. The Morgan fingerprint density at radius 3 is 2.40 bits per heavy atom.